The number of rotatable bonds is 7. The molecular weight excluding hydrogens is 522 g/mol. The third kappa shape index (κ3) is 5.62. The third-order valence-electron chi connectivity index (χ3n) is 7.03. The van der Waals surface area contributed by atoms with Crippen molar-refractivity contribution in [3.05, 3.63) is 77.7 Å². The predicted molar refractivity (Wildman–Crippen MR) is 153 cm³/mol. The summed E-state index contributed by atoms with van der Waals surface area (Å²) in [5.41, 5.74) is 4.09. The highest BCUT2D eigenvalue weighted by molar-refractivity contribution is 8.45. The molecule has 11 heteroatoms. The fraction of sp³-hybridized carbons (Fsp3) is 0.296. The number of nitrogens with zero attached hydrogens (tertiary/aromatic N) is 4. The van der Waals surface area contributed by atoms with Crippen molar-refractivity contribution < 1.29 is 13.4 Å². The van der Waals surface area contributed by atoms with Crippen molar-refractivity contribution in [3.63, 3.8) is 0 Å². The number of benzene rings is 2. The van der Waals surface area contributed by atoms with Gasteiger partial charge >= 0.3 is 0 Å². The molecule has 2 aliphatic rings. The van der Waals surface area contributed by atoms with E-state index in [0.29, 0.717) is 59.9 Å². The van der Waals surface area contributed by atoms with Crippen LogP contribution in [-0.4, -0.2) is 60.3 Å². The quantitative estimate of drug-likeness (QED) is 0.239. The maximum Gasteiger partial charge on any atom is 0.251 e. The van der Waals surface area contributed by atoms with Crippen LogP contribution < -0.4 is 10.6 Å². The maximum absolute atomic E-state index is 15.1. The van der Waals surface area contributed by atoms with Gasteiger partial charge in [0.15, 0.2) is 5.65 Å². The van der Waals surface area contributed by atoms with E-state index in [1.165, 1.54) is 0 Å². The zero-order chi connectivity index (χ0) is 26.3. The summed E-state index contributed by atoms with van der Waals surface area (Å²) in [5, 5.41) is 10.7. The molecule has 1 saturated heterocycles. The van der Waals surface area contributed by atoms with E-state index >= 15 is 4.39 Å². The number of fused-ring (bicyclic) bond motifs is 1. The van der Waals surface area contributed by atoms with Crippen LogP contribution in [0.5, 0.6) is 0 Å². The predicted octanol–water partition coefficient (Wildman–Crippen LogP) is 3.79. The van der Waals surface area contributed by atoms with Crippen molar-refractivity contribution in [2.75, 3.05) is 29.9 Å². The summed E-state index contributed by atoms with van der Waals surface area (Å²) in [5.74, 6) is 1.38. The molecule has 8 nitrogen and oxygen atoms in total. The summed E-state index contributed by atoms with van der Waals surface area (Å²) in [6.45, 7) is 1.93. The largest absolute Gasteiger partial charge is 0.349 e. The summed E-state index contributed by atoms with van der Waals surface area (Å²) in [7, 11) is 0.418. The molecule has 0 radical (unpaired) electrons. The lowest BCUT2D eigenvalue weighted by molar-refractivity contribution is 0.0951. The van der Waals surface area contributed by atoms with Crippen LogP contribution in [0.25, 0.3) is 16.8 Å². The SMILES string of the molecule is O=C(NC1CC1)c1ccc(Nc2nc3c(-c4ccc(CN5CC[SH](=O)(P)CC5)c(F)c4)cccn3n2)cc1. The van der Waals surface area contributed by atoms with Crippen molar-refractivity contribution in [1.82, 2.24) is 24.8 Å². The maximum atomic E-state index is 15.1. The number of amides is 1. The van der Waals surface area contributed by atoms with E-state index in [-0.39, 0.29) is 11.7 Å². The van der Waals surface area contributed by atoms with Gasteiger partial charge in [-0.15, -0.1) is 5.10 Å². The van der Waals surface area contributed by atoms with Crippen LogP contribution in [-0.2, 0) is 16.1 Å². The molecule has 2 N–H and O–H groups in total. The molecule has 6 rings (SSSR count). The first-order valence-electron chi connectivity index (χ1n) is 12.7. The second-order valence-corrected chi connectivity index (χ2v) is 15.7. The summed E-state index contributed by atoms with van der Waals surface area (Å²) in [6, 6.07) is 16.5. The molecular formula is C27H30FN6O2PS. The van der Waals surface area contributed by atoms with Crippen LogP contribution >= 0.6 is 8.44 Å². The summed E-state index contributed by atoms with van der Waals surface area (Å²) < 4.78 is 29.0. The van der Waals surface area contributed by atoms with Gasteiger partial charge < -0.3 is 10.6 Å². The van der Waals surface area contributed by atoms with Crippen molar-refractivity contribution in [2.45, 2.75) is 25.4 Å². The van der Waals surface area contributed by atoms with Gasteiger partial charge in [-0.3, -0.25) is 13.9 Å². The Morgan fingerprint density at radius 2 is 1.87 bits per heavy atom. The van der Waals surface area contributed by atoms with Crippen molar-refractivity contribution in [2.24, 2.45) is 0 Å². The number of carbonyl (C=O) groups excluding carboxylic acids is 1. The normalized spacial score (nSPS) is 18.3. The van der Waals surface area contributed by atoms with E-state index in [0.717, 1.165) is 29.7 Å². The molecule has 198 valence electrons. The van der Waals surface area contributed by atoms with Crippen LogP contribution in [0.1, 0.15) is 28.8 Å². The lowest BCUT2D eigenvalue weighted by Gasteiger charge is -2.33. The fourth-order valence-corrected chi connectivity index (χ4v) is 6.76. The van der Waals surface area contributed by atoms with Gasteiger partial charge in [-0.25, -0.2) is 8.91 Å². The van der Waals surface area contributed by atoms with Crippen LogP contribution in [0.3, 0.4) is 0 Å². The highest BCUT2D eigenvalue weighted by Gasteiger charge is 2.24. The topological polar surface area (TPSA) is 91.6 Å². The highest BCUT2D eigenvalue weighted by Crippen LogP contribution is 2.28. The molecule has 0 bridgehead atoms. The van der Waals surface area contributed by atoms with Gasteiger partial charge in [0.05, 0.1) is 0 Å². The minimum Gasteiger partial charge on any atom is -0.349 e. The van der Waals surface area contributed by atoms with E-state index < -0.39 is 9.55 Å². The van der Waals surface area contributed by atoms with Crippen LogP contribution in [0, 0.1) is 5.82 Å². The van der Waals surface area contributed by atoms with Gasteiger partial charge in [0.1, 0.15) is 5.82 Å². The summed E-state index contributed by atoms with van der Waals surface area (Å²) >= 11 is 0. The molecule has 1 unspecified atom stereocenters. The molecule has 1 aliphatic heterocycles. The fourth-order valence-electron chi connectivity index (χ4n) is 4.60. The Hall–Kier alpha value is -3.20. The molecule has 3 heterocycles. The Kier molecular flexibility index (Phi) is 6.72. The number of pyridine rings is 1. The first-order chi connectivity index (χ1) is 18.3. The number of nitrogens with one attached hydrogen (secondary N) is 2. The Labute approximate surface area is 223 Å². The molecule has 2 fully saturated rings. The molecule has 1 aliphatic carbocycles. The minimum atomic E-state index is -2.10. The molecule has 4 aromatic rings. The number of carbonyl (C=O) groups is 1. The van der Waals surface area contributed by atoms with Crippen LogP contribution in [0.2, 0.25) is 0 Å². The van der Waals surface area contributed by atoms with Crippen molar-refractivity contribution >= 4 is 41.2 Å². The molecule has 2 aromatic carbocycles. The standard InChI is InChI=1S/C27H30FN6O2PS/c28-24-16-19(3-4-20(24)17-33-12-14-38(36,37)15-13-33)23-2-1-11-34-25(23)31-27(32-34)30-22-7-5-18(6-8-22)26(35)29-21-9-10-21/h1-8,11,16,21,38H,9-10,12-15,17,37H2,(H,29,35)(H,30,32). The third-order valence-corrected chi connectivity index (χ3v) is 10.5. The lowest BCUT2D eigenvalue weighted by atomic mass is 10.0. The van der Waals surface area contributed by atoms with Crippen molar-refractivity contribution in [3.8, 4) is 11.1 Å². The Balaban J connectivity index is 1.18. The zero-order valence-electron chi connectivity index (χ0n) is 20.8. The molecule has 0 spiro atoms. The first-order valence-corrected chi connectivity index (χ1v) is 16.4. The Morgan fingerprint density at radius 3 is 2.58 bits per heavy atom. The Morgan fingerprint density at radius 1 is 1.11 bits per heavy atom. The van der Waals surface area contributed by atoms with Gasteiger partial charge in [-0.1, -0.05) is 30.1 Å². The molecule has 1 saturated carbocycles. The minimum absolute atomic E-state index is 0.0606. The monoisotopic (exact) mass is 552 g/mol. The van der Waals surface area contributed by atoms with Gasteiger partial charge in [-0.05, 0) is 60.9 Å². The smallest absolute Gasteiger partial charge is 0.251 e. The Bertz CT molecular complexity index is 1540. The second kappa shape index (κ2) is 10.2. The second-order valence-electron chi connectivity index (χ2n) is 10.1. The van der Waals surface area contributed by atoms with E-state index in [1.807, 2.05) is 36.4 Å². The zero-order valence-corrected chi connectivity index (χ0v) is 22.9. The van der Waals surface area contributed by atoms with E-state index in [9.17, 15) is 9.00 Å². The van der Waals surface area contributed by atoms with Gasteiger partial charge in [0.2, 0.25) is 5.95 Å². The van der Waals surface area contributed by atoms with E-state index in [2.05, 4.69) is 34.1 Å². The van der Waals surface area contributed by atoms with Crippen molar-refractivity contribution in [1.29, 1.82) is 0 Å². The molecule has 2 aromatic heterocycles. The first kappa shape index (κ1) is 25.1. The molecule has 1 amide bonds. The number of anilines is 2. The molecule has 1 atom stereocenters. The number of hydrogen-bond donors (Lipinski definition) is 3. The van der Waals surface area contributed by atoms with E-state index in [1.54, 1.807) is 28.9 Å². The highest BCUT2D eigenvalue weighted by atomic mass is 32.8. The number of thiol groups is 1. The van der Waals surface area contributed by atoms with Gasteiger partial charge in [0.25, 0.3) is 5.91 Å². The lowest BCUT2D eigenvalue weighted by Crippen LogP contribution is -2.40. The average Bonchev–Trinajstić information content (AvgIpc) is 3.62. The van der Waals surface area contributed by atoms with Gasteiger partial charge in [0, 0.05) is 65.8 Å². The van der Waals surface area contributed by atoms with Crippen LogP contribution in [0.15, 0.2) is 60.8 Å². The van der Waals surface area contributed by atoms with Gasteiger partial charge in [-0.2, -0.15) is 4.98 Å². The number of hydrogen-bond acceptors (Lipinski definition) is 6. The summed E-state index contributed by atoms with van der Waals surface area (Å²) in [4.78, 5) is 19.0. The summed E-state index contributed by atoms with van der Waals surface area (Å²) in [6.07, 6.45) is 3.89. The van der Waals surface area contributed by atoms with Crippen LogP contribution in [0.4, 0.5) is 16.0 Å². The number of aromatic nitrogens is 3. The molecule has 38 heavy (non-hydrogen) atoms. The van der Waals surface area contributed by atoms with E-state index in [4.69, 9.17) is 0 Å². The number of halogens is 1. The average molecular weight is 553 g/mol.